The normalized spacial score (nSPS) is 20.2. The Hall–Kier alpha value is -3.02. The fraction of sp³-hybridized carbons (Fsp3) is 0.516. The van der Waals surface area contributed by atoms with E-state index in [-0.39, 0.29) is 31.4 Å². The third kappa shape index (κ3) is 7.38. The highest BCUT2D eigenvalue weighted by Gasteiger charge is 2.42. The van der Waals surface area contributed by atoms with Crippen LogP contribution in [0.1, 0.15) is 99.2 Å². The topological polar surface area (TPSA) is 88.0 Å². The van der Waals surface area contributed by atoms with Crippen molar-refractivity contribution in [3.05, 3.63) is 67.9 Å². The number of benzene rings is 2. The molecule has 0 saturated heterocycles. The minimum atomic E-state index is -2.34. The lowest BCUT2D eigenvalue weighted by Gasteiger charge is -2.36. The van der Waals surface area contributed by atoms with Crippen LogP contribution in [0.4, 0.5) is 22.0 Å². The van der Waals surface area contributed by atoms with Gasteiger partial charge < -0.3 is 15.3 Å². The number of nitrogens with zero attached hydrogens (tertiary/aromatic N) is 1. The second-order valence-corrected chi connectivity index (χ2v) is 12.1. The predicted octanol–water partition coefficient (Wildman–Crippen LogP) is 8.04. The molecule has 0 saturated carbocycles. The smallest absolute Gasteiger partial charge is 0.309 e. The van der Waals surface area contributed by atoms with Gasteiger partial charge in [-0.05, 0) is 67.2 Å². The van der Waals surface area contributed by atoms with E-state index in [1.165, 1.54) is 0 Å². The molecule has 0 spiro atoms. The molecule has 0 heterocycles. The summed E-state index contributed by atoms with van der Waals surface area (Å²) in [7, 11) is 0. The van der Waals surface area contributed by atoms with Crippen LogP contribution in [0.5, 0.6) is 0 Å². The molecule has 1 amide bonds. The Morgan fingerprint density at radius 3 is 2.30 bits per heavy atom. The van der Waals surface area contributed by atoms with Crippen LogP contribution in [0.3, 0.4) is 0 Å². The summed E-state index contributed by atoms with van der Waals surface area (Å²) in [5.41, 5.74) is 1.09. The lowest BCUT2D eigenvalue weighted by molar-refractivity contribution is -0.153. The first-order chi connectivity index (χ1) is 20.3. The molecule has 0 aliphatic heterocycles. The molecule has 12 heteroatoms. The van der Waals surface area contributed by atoms with Crippen molar-refractivity contribution in [3.63, 3.8) is 0 Å². The van der Waals surface area contributed by atoms with Crippen LogP contribution in [-0.4, -0.2) is 35.8 Å². The van der Waals surface area contributed by atoms with Gasteiger partial charge in [-0.3, -0.25) is 9.59 Å². The molecule has 1 aliphatic rings. The Morgan fingerprint density at radius 2 is 1.72 bits per heavy atom. The molecule has 43 heavy (non-hydrogen) atoms. The van der Waals surface area contributed by atoms with E-state index in [1.807, 2.05) is 13.8 Å². The SMILES string of the molecule is CC[C@@]1(C(=O)O)CCCCc2cc(Br)c(C(C)C)cc2/C(=N/OCCCNC(=O)c2c(F)c(F)c(F)c(F)c2F)CC1C. The quantitative estimate of drug-likeness (QED) is 0.0927. The number of amides is 1. The van der Waals surface area contributed by atoms with E-state index in [1.54, 1.807) is 0 Å². The predicted molar refractivity (Wildman–Crippen MR) is 156 cm³/mol. The fourth-order valence-corrected chi connectivity index (χ4v) is 6.43. The van der Waals surface area contributed by atoms with Crippen LogP contribution in [-0.2, 0) is 16.1 Å². The molecule has 0 radical (unpaired) electrons. The second-order valence-electron chi connectivity index (χ2n) is 11.2. The molecule has 1 aliphatic carbocycles. The minimum absolute atomic E-state index is 0.0456. The monoisotopic (exact) mass is 674 g/mol. The molecule has 6 nitrogen and oxygen atoms in total. The summed E-state index contributed by atoms with van der Waals surface area (Å²) in [6, 6.07) is 4.13. The van der Waals surface area contributed by atoms with E-state index in [9.17, 15) is 36.6 Å². The van der Waals surface area contributed by atoms with Gasteiger partial charge in [0.25, 0.3) is 5.91 Å². The number of hydrogen-bond acceptors (Lipinski definition) is 4. The third-order valence-electron chi connectivity index (χ3n) is 8.28. The zero-order chi connectivity index (χ0) is 32.1. The van der Waals surface area contributed by atoms with Crippen molar-refractivity contribution in [2.45, 2.75) is 78.6 Å². The average molecular weight is 676 g/mol. The maximum absolute atomic E-state index is 13.9. The number of carbonyl (C=O) groups is 2. The van der Waals surface area contributed by atoms with Crippen molar-refractivity contribution in [2.24, 2.45) is 16.5 Å². The molecule has 2 aromatic rings. The van der Waals surface area contributed by atoms with E-state index in [2.05, 4.69) is 52.4 Å². The van der Waals surface area contributed by atoms with Crippen LogP contribution in [0.25, 0.3) is 0 Å². The summed E-state index contributed by atoms with van der Waals surface area (Å²) in [5, 5.41) is 16.8. The van der Waals surface area contributed by atoms with Crippen molar-refractivity contribution >= 4 is 33.5 Å². The van der Waals surface area contributed by atoms with E-state index < -0.39 is 51.9 Å². The van der Waals surface area contributed by atoms with Crippen molar-refractivity contribution in [3.8, 4) is 0 Å². The zero-order valence-corrected chi connectivity index (χ0v) is 26.1. The number of fused-ring (bicyclic) bond motifs is 1. The van der Waals surface area contributed by atoms with Crippen molar-refractivity contribution < 1.29 is 41.5 Å². The molecule has 0 bridgehead atoms. The minimum Gasteiger partial charge on any atom is -0.481 e. The first-order valence-electron chi connectivity index (χ1n) is 14.3. The van der Waals surface area contributed by atoms with Gasteiger partial charge in [0.05, 0.1) is 11.1 Å². The number of carboxylic acids is 1. The average Bonchev–Trinajstić information content (AvgIpc) is 2.95. The number of oxime groups is 1. The molecule has 2 atom stereocenters. The van der Waals surface area contributed by atoms with E-state index in [0.717, 1.165) is 40.4 Å². The largest absolute Gasteiger partial charge is 0.481 e. The van der Waals surface area contributed by atoms with Crippen molar-refractivity contribution in [1.29, 1.82) is 0 Å². The Labute approximate surface area is 256 Å². The molecule has 2 N–H and O–H groups in total. The van der Waals surface area contributed by atoms with Gasteiger partial charge in [-0.1, -0.05) is 55.2 Å². The fourth-order valence-electron chi connectivity index (χ4n) is 5.58. The molecule has 3 rings (SSSR count). The number of carboxylic acid groups (broad SMARTS) is 1. The number of aliphatic carboxylic acids is 1. The molecular formula is C31H36BrF5N2O4. The summed E-state index contributed by atoms with van der Waals surface area (Å²) in [4.78, 5) is 30.3. The third-order valence-corrected chi connectivity index (χ3v) is 8.97. The lowest BCUT2D eigenvalue weighted by Crippen LogP contribution is -2.38. The van der Waals surface area contributed by atoms with Gasteiger partial charge in [-0.2, -0.15) is 0 Å². The standard InChI is InChI=1S/C31H36BrF5N2O4/c1-5-31(30(41)42)10-7-6-9-18-14-21(32)19(16(2)3)15-20(18)22(13-17(31)4)39-43-12-8-11-38-29(40)23-24(33)26(35)28(37)27(36)25(23)34/h14-17H,5-13H2,1-4H3,(H,38,40)(H,41,42)/b39-22+/t17?,31-/m1/s1. The number of halogens is 6. The Kier molecular flexibility index (Phi) is 11.7. The van der Waals surface area contributed by atoms with Crippen LogP contribution in [0, 0.1) is 40.4 Å². The first-order valence-corrected chi connectivity index (χ1v) is 15.1. The van der Waals surface area contributed by atoms with Crippen LogP contribution in [0.2, 0.25) is 0 Å². The maximum Gasteiger partial charge on any atom is 0.309 e. The van der Waals surface area contributed by atoms with Gasteiger partial charge >= 0.3 is 5.97 Å². The second kappa shape index (κ2) is 14.6. The molecule has 236 valence electrons. The molecule has 0 aromatic heterocycles. The molecule has 0 fully saturated rings. The summed E-state index contributed by atoms with van der Waals surface area (Å²) in [6.07, 6.45) is 3.74. The summed E-state index contributed by atoms with van der Waals surface area (Å²) >= 11 is 3.68. The summed E-state index contributed by atoms with van der Waals surface area (Å²) in [5.74, 6) is -13.5. The Balaban J connectivity index is 1.82. The lowest BCUT2D eigenvalue weighted by atomic mass is 9.67. The Bertz CT molecular complexity index is 1370. The molecular weight excluding hydrogens is 639 g/mol. The van der Waals surface area contributed by atoms with Gasteiger partial charge in [0.15, 0.2) is 23.3 Å². The van der Waals surface area contributed by atoms with Crippen molar-refractivity contribution in [1.82, 2.24) is 5.32 Å². The van der Waals surface area contributed by atoms with Crippen molar-refractivity contribution in [2.75, 3.05) is 13.2 Å². The van der Waals surface area contributed by atoms with Gasteiger partial charge in [-0.15, -0.1) is 0 Å². The molecule has 2 aromatic carbocycles. The highest BCUT2D eigenvalue weighted by Crippen LogP contribution is 2.42. The number of hydrogen-bond donors (Lipinski definition) is 2. The number of carbonyl (C=O) groups excluding carboxylic acids is 1. The van der Waals surface area contributed by atoms with E-state index >= 15 is 0 Å². The Morgan fingerprint density at radius 1 is 1.09 bits per heavy atom. The zero-order valence-electron chi connectivity index (χ0n) is 24.6. The van der Waals surface area contributed by atoms with Crippen LogP contribution >= 0.6 is 15.9 Å². The highest BCUT2D eigenvalue weighted by molar-refractivity contribution is 9.10. The van der Waals surface area contributed by atoms with Gasteiger partial charge in [-0.25, -0.2) is 22.0 Å². The number of rotatable bonds is 9. The van der Waals surface area contributed by atoms with Gasteiger partial charge in [0, 0.05) is 23.0 Å². The number of aryl methyl sites for hydroxylation is 1. The van der Waals surface area contributed by atoms with Crippen LogP contribution < -0.4 is 5.32 Å². The van der Waals surface area contributed by atoms with Gasteiger partial charge in [0.2, 0.25) is 5.82 Å². The highest BCUT2D eigenvalue weighted by atomic mass is 79.9. The number of nitrogens with one attached hydrogen (secondary N) is 1. The molecule has 1 unspecified atom stereocenters. The van der Waals surface area contributed by atoms with Crippen LogP contribution in [0.15, 0.2) is 21.8 Å². The first kappa shape index (κ1) is 34.5. The summed E-state index contributed by atoms with van der Waals surface area (Å²) < 4.78 is 69.0. The summed E-state index contributed by atoms with van der Waals surface area (Å²) in [6.45, 7) is 7.68. The van der Waals surface area contributed by atoms with E-state index in [0.29, 0.717) is 25.0 Å². The van der Waals surface area contributed by atoms with Gasteiger partial charge in [0.1, 0.15) is 12.2 Å². The maximum atomic E-state index is 13.9. The van der Waals surface area contributed by atoms with E-state index in [4.69, 9.17) is 4.84 Å².